The number of anilines is 2. The van der Waals surface area contributed by atoms with E-state index in [0.717, 1.165) is 71.2 Å². The van der Waals surface area contributed by atoms with Gasteiger partial charge in [0, 0.05) is 37.6 Å². The van der Waals surface area contributed by atoms with E-state index in [0.29, 0.717) is 12.1 Å². The Hall–Kier alpha value is -1.79. The van der Waals surface area contributed by atoms with Gasteiger partial charge < -0.3 is 15.1 Å². The van der Waals surface area contributed by atoms with Crippen LogP contribution in [0.2, 0.25) is 0 Å². The summed E-state index contributed by atoms with van der Waals surface area (Å²) in [5.74, 6) is 0.298. The number of nitrogens with one attached hydrogen (secondary N) is 1. The molecule has 6 rings (SSSR count). The molecule has 2 aromatic rings. The van der Waals surface area contributed by atoms with E-state index >= 15 is 0 Å². The van der Waals surface area contributed by atoms with Crippen LogP contribution < -0.4 is 10.2 Å². The summed E-state index contributed by atoms with van der Waals surface area (Å²) in [4.78, 5) is 20.6. The molecule has 4 aliphatic heterocycles. The van der Waals surface area contributed by atoms with Crippen LogP contribution in [0.25, 0.3) is 0 Å². The summed E-state index contributed by atoms with van der Waals surface area (Å²) in [6, 6.07) is 17.8. The predicted molar refractivity (Wildman–Crippen MR) is 147 cm³/mol. The van der Waals surface area contributed by atoms with Gasteiger partial charge in [-0.3, -0.25) is 9.69 Å². The Bertz CT molecular complexity index is 976. The van der Waals surface area contributed by atoms with Crippen molar-refractivity contribution in [3.8, 4) is 0 Å². The quantitative estimate of drug-likeness (QED) is 0.624. The number of nitrogens with zero attached hydrogens (tertiary/aromatic N) is 3. The first-order chi connectivity index (χ1) is 16.2. The molecule has 3 saturated heterocycles. The summed E-state index contributed by atoms with van der Waals surface area (Å²) in [5, 5.41) is 3.30. The van der Waals surface area contributed by atoms with Gasteiger partial charge in [-0.1, -0.05) is 36.4 Å². The minimum atomic E-state index is -0.232. The highest BCUT2D eigenvalue weighted by Crippen LogP contribution is 2.39. The number of carbonyl (C=O) groups excluding carboxylic acids is 1. The van der Waals surface area contributed by atoms with Crippen molar-refractivity contribution in [3.05, 3.63) is 59.7 Å². The first kappa shape index (κ1) is 26.3. The number of hydrogen-bond donors (Lipinski definition) is 1. The molecule has 1 atom stereocenters. The maximum Gasteiger partial charge on any atom is 0.241 e. The molecule has 4 aliphatic rings. The topological polar surface area (TPSA) is 38.8 Å². The van der Waals surface area contributed by atoms with Crippen LogP contribution in [-0.4, -0.2) is 60.1 Å². The smallest absolute Gasteiger partial charge is 0.241 e. The molecule has 1 N–H and O–H groups in total. The summed E-state index contributed by atoms with van der Waals surface area (Å²) in [6.07, 6.45) is 9.19. The van der Waals surface area contributed by atoms with Crippen LogP contribution in [0.3, 0.4) is 0 Å². The van der Waals surface area contributed by atoms with Gasteiger partial charge in [-0.25, -0.2) is 0 Å². The van der Waals surface area contributed by atoms with Gasteiger partial charge in [0.1, 0.15) is 5.54 Å². The second-order valence-electron chi connectivity index (χ2n) is 10.3. The highest BCUT2D eigenvalue weighted by Gasteiger charge is 2.54. The Kier molecular flexibility index (Phi) is 8.32. The lowest BCUT2D eigenvalue weighted by Crippen LogP contribution is -2.58. The average molecular weight is 518 g/mol. The summed E-state index contributed by atoms with van der Waals surface area (Å²) < 4.78 is 0. The van der Waals surface area contributed by atoms with Crippen molar-refractivity contribution in [2.24, 2.45) is 0 Å². The number of piperidine rings is 2. The fourth-order valence-electron chi connectivity index (χ4n) is 6.73. The second-order valence-corrected chi connectivity index (χ2v) is 10.3. The first-order valence-electron chi connectivity index (χ1n) is 13.0. The Morgan fingerprint density at radius 3 is 2.11 bits per heavy atom. The highest BCUT2D eigenvalue weighted by atomic mass is 35.5. The molecule has 0 saturated carbocycles. The van der Waals surface area contributed by atoms with Crippen LogP contribution >= 0.6 is 24.8 Å². The van der Waals surface area contributed by atoms with Crippen LogP contribution in [0.5, 0.6) is 0 Å². The third kappa shape index (κ3) is 4.81. The molecule has 7 heteroatoms. The highest BCUT2D eigenvalue weighted by molar-refractivity contribution is 5.89. The van der Waals surface area contributed by atoms with Crippen LogP contribution in [0.1, 0.15) is 49.7 Å². The number of halogens is 2. The lowest BCUT2D eigenvalue weighted by atomic mass is 9.85. The zero-order valence-corrected chi connectivity index (χ0v) is 22.1. The average Bonchev–Trinajstić information content (AvgIpc) is 3.02. The lowest BCUT2D eigenvalue weighted by Gasteiger charge is -2.45. The van der Waals surface area contributed by atoms with Crippen LogP contribution in [0.15, 0.2) is 48.5 Å². The zero-order valence-electron chi connectivity index (χ0n) is 20.5. The van der Waals surface area contributed by atoms with Crippen LogP contribution in [0.4, 0.5) is 11.4 Å². The van der Waals surface area contributed by atoms with Crippen molar-refractivity contribution < 1.29 is 4.79 Å². The number of carbonyl (C=O) groups is 1. The molecule has 1 amide bonds. The van der Waals surface area contributed by atoms with Crippen molar-refractivity contribution in [3.63, 3.8) is 0 Å². The predicted octanol–water partition coefficient (Wildman–Crippen LogP) is 4.93. The van der Waals surface area contributed by atoms with E-state index < -0.39 is 0 Å². The summed E-state index contributed by atoms with van der Waals surface area (Å²) in [5.41, 5.74) is 5.43. The molecule has 5 nitrogen and oxygen atoms in total. The minimum absolute atomic E-state index is 0. The van der Waals surface area contributed by atoms with Gasteiger partial charge in [-0.15, -0.1) is 24.8 Å². The van der Waals surface area contributed by atoms with Crippen molar-refractivity contribution in [1.29, 1.82) is 0 Å². The molecule has 0 bridgehead atoms. The maximum atomic E-state index is 12.9. The Morgan fingerprint density at radius 1 is 0.829 bits per heavy atom. The molecule has 1 spiro atoms. The molecule has 2 aromatic carbocycles. The molecule has 190 valence electrons. The molecular formula is C28H38Cl2N4O. The normalized spacial score (nSPS) is 23.3. The number of amides is 1. The fraction of sp³-hybridized carbons (Fsp3) is 0.536. The third-order valence-electron chi connectivity index (χ3n) is 8.54. The van der Waals surface area contributed by atoms with Crippen LogP contribution in [0, 0.1) is 0 Å². The maximum absolute atomic E-state index is 12.9. The number of hydrogen-bond acceptors (Lipinski definition) is 4. The molecule has 0 radical (unpaired) electrons. The summed E-state index contributed by atoms with van der Waals surface area (Å²) in [7, 11) is 0. The van der Waals surface area contributed by atoms with Gasteiger partial charge in [0.25, 0.3) is 0 Å². The Morgan fingerprint density at radius 2 is 1.46 bits per heavy atom. The summed E-state index contributed by atoms with van der Waals surface area (Å²) in [6.45, 7) is 5.27. The molecule has 4 heterocycles. The number of fused-ring (bicyclic) bond motifs is 4. The number of para-hydroxylation sites is 2. The van der Waals surface area contributed by atoms with Gasteiger partial charge in [0.2, 0.25) is 5.91 Å². The van der Waals surface area contributed by atoms with E-state index in [-0.39, 0.29) is 30.4 Å². The van der Waals surface area contributed by atoms with Crippen LogP contribution in [-0.2, 0) is 17.6 Å². The standard InChI is InChI=1S/C28H36N4O.2ClH/c33-27-28(32-19-6-5-12-26(32)29-27)15-20-30(21-16-28)17-7-18-31-24-10-3-1-8-22(24)13-14-23-9-2-4-11-25(23)31;;/h1-4,8-11,26H,5-7,12-21H2,(H,29,33);2*1H. The van der Waals surface area contributed by atoms with Crippen molar-refractivity contribution >= 4 is 42.1 Å². The molecule has 3 fully saturated rings. The van der Waals surface area contributed by atoms with Gasteiger partial charge >= 0.3 is 0 Å². The fourth-order valence-corrected chi connectivity index (χ4v) is 6.73. The molecule has 0 aromatic heterocycles. The molecule has 0 aliphatic carbocycles. The largest absolute Gasteiger partial charge is 0.341 e. The number of aryl methyl sites for hydroxylation is 2. The van der Waals surface area contributed by atoms with Crippen molar-refractivity contribution in [2.75, 3.05) is 37.6 Å². The second kappa shape index (κ2) is 11.1. The van der Waals surface area contributed by atoms with Gasteiger partial charge in [-0.2, -0.15) is 0 Å². The number of benzene rings is 2. The molecule has 1 unspecified atom stereocenters. The van der Waals surface area contributed by atoms with E-state index in [2.05, 4.69) is 68.5 Å². The van der Waals surface area contributed by atoms with E-state index in [4.69, 9.17) is 0 Å². The van der Waals surface area contributed by atoms with E-state index in [9.17, 15) is 4.79 Å². The van der Waals surface area contributed by atoms with E-state index in [1.54, 1.807) is 0 Å². The number of rotatable bonds is 4. The van der Waals surface area contributed by atoms with Gasteiger partial charge in [0.05, 0.1) is 6.17 Å². The monoisotopic (exact) mass is 516 g/mol. The van der Waals surface area contributed by atoms with Crippen molar-refractivity contribution in [1.82, 2.24) is 15.1 Å². The third-order valence-corrected chi connectivity index (χ3v) is 8.54. The van der Waals surface area contributed by atoms with E-state index in [1.165, 1.54) is 35.3 Å². The lowest BCUT2D eigenvalue weighted by molar-refractivity contribution is -0.129. The molecule has 35 heavy (non-hydrogen) atoms. The van der Waals surface area contributed by atoms with Gasteiger partial charge in [-0.05, 0) is 81.2 Å². The number of likely N-dealkylation sites (tertiary alicyclic amines) is 1. The zero-order chi connectivity index (χ0) is 22.3. The SMILES string of the molecule is Cl.Cl.O=C1NC2CCCCN2C12CCN(CCCN1c3ccccc3CCc3ccccc31)CC2. The molecular weight excluding hydrogens is 479 g/mol. The van der Waals surface area contributed by atoms with Gasteiger partial charge in [0.15, 0.2) is 0 Å². The van der Waals surface area contributed by atoms with E-state index in [1.807, 2.05) is 0 Å². The Balaban J connectivity index is 0.00000144. The minimum Gasteiger partial charge on any atom is -0.341 e. The Labute approximate surface area is 222 Å². The first-order valence-corrected chi connectivity index (χ1v) is 13.0. The summed E-state index contributed by atoms with van der Waals surface area (Å²) >= 11 is 0. The van der Waals surface area contributed by atoms with Crippen molar-refractivity contribution in [2.45, 2.75) is 63.1 Å².